The number of hydrogen-bond donors (Lipinski definition) is 3. The summed E-state index contributed by atoms with van der Waals surface area (Å²) >= 11 is 5.75. The smallest absolute Gasteiger partial charge is 0.334 e. The normalized spacial score (nSPS) is 11.9. The highest BCUT2D eigenvalue weighted by molar-refractivity contribution is 6.31. The lowest BCUT2D eigenvalue weighted by atomic mass is 10.1. The van der Waals surface area contributed by atoms with Gasteiger partial charge in [0.1, 0.15) is 0 Å². The second-order valence-electron chi connectivity index (χ2n) is 3.52. The molecule has 0 heterocycles. The monoisotopic (exact) mass is 257 g/mol. The van der Waals surface area contributed by atoms with E-state index in [1.54, 1.807) is 19.1 Å². The Morgan fingerprint density at radius 2 is 2.12 bits per heavy atom. The standard InChI is InChI=1S/C11H12ClNO4/c1-6-2-3-7(12)4-8(6)10(15)13-5-9(14)11(16)17/h2-4,9,14H,5H2,1H3,(H,13,15)(H,16,17). The molecule has 0 saturated carbocycles. The molecule has 1 amide bonds. The highest BCUT2D eigenvalue weighted by atomic mass is 35.5. The summed E-state index contributed by atoms with van der Waals surface area (Å²) in [6.07, 6.45) is -1.61. The first kappa shape index (κ1) is 13.5. The van der Waals surface area contributed by atoms with Gasteiger partial charge in [-0.2, -0.15) is 0 Å². The quantitative estimate of drug-likeness (QED) is 0.745. The van der Waals surface area contributed by atoms with E-state index in [0.29, 0.717) is 10.6 Å². The van der Waals surface area contributed by atoms with E-state index < -0.39 is 18.0 Å². The number of aliphatic hydroxyl groups excluding tert-OH is 1. The first-order valence-electron chi connectivity index (χ1n) is 4.87. The van der Waals surface area contributed by atoms with Gasteiger partial charge in [0.05, 0.1) is 6.54 Å². The van der Waals surface area contributed by atoms with Crippen LogP contribution >= 0.6 is 11.6 Å². The van der Waals surface area contributed by atoms with Gasteiger partial charge in [0, 0.05) is 10.6 Å². The highest BCUT2D eigenvalue weighted by Crippen LogP contribution is 2.15. The summed E-state index contributed by atoms with van der Waals surface area (Å²) in [5, 5.41) is 20.2. The van der Waals surface area contributed by atoms with Crippen molar-refractivity contribution in [3.8, 4) is 0 Å². The molecule has 0 aliphatic heterocycles. The van der Waals surface area contributed by atoms with E-state index in [4.69, 9.17) is 21.8 Å². The van der Waals surface area contributed by atoms with Crippen molar-refractivity contribution in [1.82, 2.24) is 5.32 Å². The van der Waals surface area contributed by atoms with Crippen LogP contribution in [0.1, 0.15) is 15.9 Å². The van der Waals surface area contributed by atoms with E-state index in [1.807, 2.05) is 0 Å². The van der Waals surface area contributed by atoms with Crippen molar-refractivity contribution in [3.63, 3.8) is 0 Å². The molecule has 0 radical (unpaired) electrons. The van der Waals surface area contributed by atoms with Gasteiger partial charge >= 0.3 is 5.97 Å². The van der Waals surface area contributed by atoms with Crippen LogP contribution in [-0.2, 0) is 4.79 Å². The van der Waals surface area contributed by atoms with Crippen LogP contribution in [0.2, 0.25) is 5.02 Å². The molecule has 0 aliphatic carbocycles. The first-order chi connectivity index (χ1) is 7.91. The maximum absolute atomic E-state index is 11.7. The number of amides is 1. The van der Waals surface area contributed by atoms with E-state index in [9.17, 15) is 9.59 Å². The molecule has 0 aromatic heterocycles. The molecule has 3 N–H and O–H groups in total. The van der Waals surface area contributed by atoms with Crippen LogP contribution in [0.4, 0.5) is 0 Å². The maximum Gasteiger partial charge on any atom is 0.334 e. The zero-order valence-electron chi connectivity index (χ0n) is 9.11. The van der Waals surface area contributed by atoms with Gasteiger partial charge < -0.3 is 15.5 Å². The molecule has 1 aromatic rings. The Morgan fingerprint density at radius 3 is 2.71 bits per heavy atom. The lowest BCUT2D eigenvalue weighted by Crippen LogP contribution is -2.36. The lowest BCUT2D eigenvalue weighted by Gasteiger charge is -2.09. The molecule has 0 spiro atoms. The second kappa shape index (κ2) is 5.65. The molecular weight excluding hydrogens is 246 g/mol. The zero-order valence-corrected chi connectivity index (χ0v) is 9.86. The van der Waals surface area contributed by atoms with Crippen LogP contribution in [0.3, 0.4) is 0 Å². The summed E-state index contributed by atoms with van der Waals surface area (Å²) in [5.41, 5.74) is 1.08. The molecule has 1 unspecified atom stereocenters. The van der Waals surface area contributed by atoms with Gasteiger partial charge in [0.15, 0.2) is 6.10 Å². The van der Waals surface area contributed by atoms with Crippen LogP contribution in [0.25, 0.3) is 0 Å². The number of aliphatic carboxylic acids is 1. The van der Waals surface area contributed by atoms with Crippen LogP contribution in [0.15, 0.2) is 18.2 Å². The van der Waals surface area contributed by atoms with Crippen LogP contribution in [-0.4, -0.2) is 34.7 Å². The number of carbonyl (C=O) groups excluding carboxylic acids is 1. The summed E-state index contributed by atoms with van der Waals surface area (Å²) < 4.78 is 0. The van der Waals surface area contributed by atoms with E-state index in [1.165, 1.54) is 6.07 Å². The van der Waals surface area contributed by atoms with Crippen molar-refractivity contribution in [1.29, 1.82) is 0 Å². The SMILES string of the molecule is Cc1ccc(Cl)cc1C(=O)NCC(O)C(=O)O. The van der Waals surface area contributed by atoms with Crippen LogP contribution in [0, 0.1) is 6.92 Å². The van der Waals surface area contributed by atoms with Gasteiger partial charge in [-0.25, -0.2) is 4.79 Å². The van der Waals surface area contributed by atoms with Crippen molar-refractivity contribution in [2.24, 2.45) is 0 Å². The van der Waals surface area contributed by atoms with E-state index in [0.717, 1.165) is 5.56 Å². The minimum atomic E-state index is -1.61. The predicted molar refractivity (Wildman–Crippen MR) is 62.2 cm³/mol. The Morgan fingerprint density at radius 1 is 1.47 bits per heavy atom. The average Bonchev–Trinajstić information content (AvgIpc) is 2.28. The fraction of sp³-hybridized carbons (Fsp3) is 0.273. The number of benzene rings is 1. The maximum atomic E-state index is 11.7. The van der Waals surface area contributed by atoms with Gasteiger partial charge in [-0.1, -0.05) is 17.7 Å². The molecule has 92 valence electrons. The van der Waals surface area contributed by atoms with Crippen molar-refractivity contribution < 1.29 is 19.8 Å². The minimum absolute atomic E-state index is 0.347. The minimum Gasteiger partial charge on any atom is -0.479 e. The topological polar surface area (TPSA) is 86.6 Å². The van der Waals surface area contributed by atoms with Gasteiger partial charge in [0.25, 0.3) is 5.91 Å². The van der Waals surface area contributed by atoms with Gasteiger partial charge in [-0.3, -0.25) is 4.79 Å². The number of carboxylic acid groups (broad SMARTS) is 1. The van der Waals surface area contributed by atoms with E-state index in [2.05, 4.69) is 5.32 Å². The van der Waals surface area contributed by atoms with Gasteiger partial charge in [0.2, 0.25) is 0 Å². The van der Waals surface area contributed by atoms with Crippen LogP contribution < -0.4 is 5.32 Å². The van der Waals surface area contributed by atoms with Gasteiger partial charge in [-0.15, -0.1) is 0 Å². The molecule has 0 aliphatic rings. The number of nitrogens with one attached hydrogen (secondary N) is 1. The summed E-state index contributed by atoms with van der Waals surface area (Å²) in [4.78, 5) is 22.0. The Labute approximate surface area is 103 Å². The molecule has 0 bridgehead atoms. The Bertz CT molecular complexity index is 447. The van der Waals surface area contributed by atoms with Crippen molar-refractivity contribution in [2.45, 2.75) is 13.0 Å². The molecule has 5 nitrogen and oxygen atoms in total. The molecular formula is C11H12ClNO4. The Hall–Kier alpha value is -1.59. The third-order valence-electron chi connectivity index (χ3n) is 2.19. The number of carboxylic acids is 1. The summed E-state index contributed by atoms with van der Waals surface area (Å²) in [7, 11) is 0. The largest absolute Gasteiger partial charge is 0.479 e. The van der Waals surface area contributed by atoms with Crippen molar-refractivity contribution in [2.75, 3.05) is 6.54 Å². The number of rotatable bonds is 4. The molecule has 1 rings (SSSR count). The third kappa shape index (κ3) is 3.72. The summed E-state index contributed by atoms with van der Waals surface area (Å²) in [5.74, 6) is -1.85. The zero-order chi connectivity index (χ0) is 13.0. The number of halogens is 1. The number of carbonyl (C=O) groups is 2. The fourth-order valence-corrected chi connectivity index (χ4v) is 1.38. The fourth-order valence-electron chi connectivity index (χ4n) is 1.21. The van der Waals surface area contributed by atoms with E-state index in [-0.39, 0.29) is 6.54 Å². The number of aliphatic hydroxyl groups is 1. The van der Waals surface area contributed by atoms with Crippen molar-refractivity contribution >= 4 is 23.5 Å². The number of aryl methyl sites for hydroxylation is 1. The molecule has 1 atom stereocenters. The first-order valence-corrected chi connectivity index (χ1v) is 5.25. The molecule has 6 heteroatoms. The predicted octanol–water partition coefficient (Wildman–Crippen LogP) is 0.824. The molecule has 1 aromatic carbocycles. The lowest BCUT2D eigenvalue weighted by molar-refractivity contribution is -0.146. The van der Waals surface area contributed by atoms with Crippen LogP contribution in [0.5, 0.6) is 0 Å². The van der Waals surface area contributed by atoms with Crippen molar-refractivity contribution in [3.05, 3.63) is 34.3 Å². The molecule has 0 fully saturated rings. The Kier molecular flexibility index (Phi) is 4.48. The molecule has 0 saturated heterocycles. The molecule has 17 heavy (non-hydrogen) atoms. The second-order valence-corrected chi connectivity index (χ2v) is 3.96. The third-order valence-corrected chi connectivity index (χ3v) is 2.42. The Balaban J connectivity index is 2.70. The average molecular weight is 258 g/mol. The van der Waals surface area contributed by atoms with E-state index >= 15 is 0 Å². The summed E-state index contributed by atoms with van der Waals surface area (Å²) in [6, 6.07) is 4.82. The highest BCUT2D eigenvalue weighted by Gasteiger charge is 2.15. The summed E-state index contributed by atoms with van der Waals surface area (Å²) in [6.45, 7) is 1.39. The van der Waals surface area contributed by atoms with Gasteiger partial charge in [-0.05, 0) is 24.6 Å². The number of hydrogen-bond acceptors (Lipinski definition) is 3.